The predicted octanol–water partition coefficient (Wildman–Crippen LogP) is 4.61. The van der Waals surface area contributed by atoms with Gasteiger partial charge in [-0.3, -0.25) is 19.8 Å². The van der Waals surface area contributed by atoms with E-state index < -0.39 is 41.5 Å². The highest BCUT2D eigenvalue weighted by molar-refractivity contribution is 6.28. The highest BCUT2D eigenvalue weighted by atomic mass is 35.5. The molecule has 4 aromatic rings. The molecule has 0 saturated carbocycles. The molecular weight excluding hydrogens is 708 g/mol. The van der Waals surface area contributed by atoms with Crippen molar-refractivity contribution in [2.24, 2.45) is 9.98 Å². The van der Waals surface area contributed by atoms with E-state index in [0.717, 1.165) is 18.2 Å². The number of carbonyl (C=O) groups excluding carboxylic acids is 1. The number of nitrogens with one attached hydrogen (secondary N) is 1. The number of rotatable bonds is 5. The molecule has 3 unspecified atom stereocenters. The number of halogens is 5. The summed E-state index contributed by atoms with van der Waals surface area (Å²) >= 11 is 6.44. The Morgan fingerprint density at radius 1 is 1.10 bits per heavy atom. The van der Waals surface area contributed by atoms with Crippen molar-refractivity contribution in [1.29, 1.82) is 0 Å². The molecule has 7 rings (SSSR count). The monoisotopic (exact) mass is 740 g/mol. The second-order valence-electron chi connectivity index (χ2n) is 12.5. The van der Waals surface area contributed by atoms with E-state index in [2.05, 4.69) is 37.1 Å². The van der Waals surface area contributed by atoms with Gasteiger partial charge in [0, 0.05) is 58.5 Å². The van der Waals surface area contributed by atoms with Crippen LogP contribution in [0.4, 0.5) is 34.9 Å². The van der Waals surface area contributed by atoms with Crippen LogP contribution in [-0.2, 0) is 27.4 Å². The lowest BCUT2D eigenvalue weighted by Gasteiger charge is -2.31. The summed E-state index contributed by atoms with van der Waals surface area (Å²) in [6.45, 7) is 5.42. The first kappa shape index (κ1) is 35.4. The van der Waals surface area contributed by atoms with Gasteiger partial charge in [-0.25, -0.2) is 33.0 Å². The Morgan fingerprint density at radius 3 is 2.63 bits per heavy atom. The van der Waals surface area contributed by atoms with E-state index in [1.54, 1.807) is 23.4 Å². The summed E-state index contributed by atoms with van der Waals surface area (Å²) < 4.78 is 73.2. The van der Waals surface area contributed by atoms with Crippen molar-refractivity contribution in [1.82, 2.24) is 29.8 Å². The molecule has 2 aromatic carbocycles. The van der Waals surface area contributed by atoms with Gasteiger partial charge in [0.15, 0.2) is 23.3 Å². The summed E-state index contributed by atoms with van der Waals surface area (Å²) in [7, 11) is 3.14. The lowest BCUT2D eigenvalue weighted by Crippen LogP contribution is -2.47. The largest absolute Gasteiger partial charge is 0.378 e. The molecule has 1 fully saturated rings. The maximum atomic E-state index is 15.8. The molecule has 0 radical (unpaired) electrons. The number of hydrogen-bond acceptors (Lipinski definition) is 11. The van der Waals surface area contributed by atoms with E-state index in [-0.39, 0.29) is 78.8 Å². The van der Waals surface area contributed by atoms with Crippen LogP contribution in [0.25, 0.3) is 11.0 Å². The van der Waals surface area contributed by atoms with Crippen LogP contribution in [0.1, 0.15) is 23.4 Å². The summed E-state index contributed by atoms with van der Waals surface area (Å²) in [5.74, 6) is -3.05. The van der Waals surface area contributed by atoms with Gasteiger partial charge in [0.2, 0.25) is 11.2 Å². The number of benzene rings is 2. The number of hydrogen-bond donors (Lipinski definition) is 1. The van der Waals surface area contributed by atoms with Crippen LogP contribution < -0.4 is 15.3 Å². The molecule has 2 aromatic heterocycles. The fourth-order valence-electron chi connectivity index (χ4n) is 6.92. The Balaban J connectivity index is 1.30. The summed E-state index contributed by atoms with van der Waals surface area (Å²) in [5.41, 5.74) is 3.99. The number of fused-ring (bicyclic) bond motifs is 3. The smallest absolute Gasteiger partial charge is 0.245 e. The van der Waals surface area contributed by atoms with Gasteiger partial charge in [-0.1, -0.05) is 0 Å². The van der Waals surface area contributed by atoms with Crippen LogP contribution >= 0.6 is 11.6 Å². The van der Waals surface area contributed by atoms with Crippen molar-refractivity contribution in [3.05, 3.63) is 82.0 Å². The first-order valence-electron chi connectivity index (χ1n) is 16.2. The van der Waals surface area contributed by atoms with Crippen LogP contribution in [0, 0.1) is 30.2 Å². The number of hydrazine groups is 1. The summed E-state index contributed by atoms with van der Waals surface area (Å²) in [5, 5.41) is 1.19. The Hall–Kier alpha value is -4.97. The molecule has 272 valence electrons. The number of carbonyl (C=O) groups is 1. The Labute approximate surface area is 300 Å². The summed E-state index contributed by atoms with van der Waals surface area (Å²) in [4.78, 5) is 39.2. The SMILES string of the molecule is C=N/C=C\C1=N/COC2CC(C(=O)N(C)CC(OC)Cn3c(C)nc4cc(F)c(F)c1c43)N(c1nc(Cl)nc3c1CNN3c1ccc(F)cc1F)C2. The van der Waals surface area contributed by atoms with E-state index >= 15 is 8.78 Å². The Bertz CT molecular complexity index is 2150. The number of allylic oxidation sites excluding steroid dienone is 1. The second-order valence-corrected chi connectivity index (χ2v) is 12.8. The van der Waals surface area contributed by atoms with Gasteiger partial charge >= 0.3 is 0 Å². The molecule has 0 spiro atoms. The maximum absolute atomic E-state index is 15.8. The molecule has 52 heavy (non-hydrogen) atoms. The maximum Gasteiger partial charge on any atom is 0.245 e. The average molecular weight is 741 g/mol. The van der Waals surface area contributed by atoms with Gasteiger partial charge in [-0.2, -0.15) is 4.98 Å². The standard InChI is InChI=1S/C34H33ClF4N10O3/c1-17-43-25-11-23(38)29(39)28-24(7-8-40-2)41-16-52-19-10-27(33(50)46(3)13-20(51-4)15-47(17)30(25)28)48(14-19)31-21-12-42-49(32(21)45-34(35)44-31)26-6-5-18(36)9-22(26)37/h5-9,11,19-20,27,42H,2,10,12-16H2,1,3-4H3/b8-7-,41-24+. The molecule has 5 heterocycles. The van der Waals surface area contributed by atoms with Crippen LogP contribution in [0.15, 0.2) is 46.5 Å². The molecule has 1 N–H and O–H groups in total. The van der Waals surface area contributed by atoms with E-state index in [9.17, 15) is 13.6 Å². The number of imidazole rings is 1. The molecule has 0 aliphatic carbocycles. The fraction of sp³-hybridized carbons (Fsp3) is 0.353. The molecule has 2 bridgehead atoms. The fourth-order valence-corrected chi connectivity index (χ4v) is 7.08. The van der Waals surface area contributed by atoms with Gasteiger partial charge in [0.05, 0.1) is 52.3 Å². The molecular formula is C34H33ClF4N10O3. The van der Waals surface area contributed by atoms with Crippen molar-refractivity contribution in [2.75, 3.05) is 43.9 Å². The first-order chi connectivity index (χ1) is 25.0. The number of ether oxygens (including phenoxy) is 2. The number of aliphatic imine (C=N–C) groups is 2. The minimum Gasteiger partial charge on any atom is -0.378 e. The summed E-state index contributed by atoms with van der Waals surface area (Å²) in [6, 6.07) is 3.38. The lowest BCUT2D eigenvalue weighted by atomic mass is 10.1. The van der Waals surface area contributed by atoms with Gasteiger partial charge in [-0.05, 0) is 43.5 Å². The predicted molar refractivity (Wildman–Crippen MR) is 186 cm³/mol. The average Bonchev–Trinajstić information content (AvgIpc) is 3.81. The molecule has 18 heteroatoms. The van der Waals surface area contributed by atoms with E-state index in [0.29, 0.717) is 22.7 Å². The van der Waals surface area contributed by atoms with Crippen molar-refractivity contribution in [3.63, 3.8) is 0 Å². The number of likely N-dealkylation sites (N-methyl/N-ethyl adjacent to an activating group) is 1. The van der Waals surface area contributed by atoms with Gasteiger partial charge in [0.1, 0.15) is 30.2 Å². The van der Waals surface area contributed by atoms with Crippen LogP contribution in [0.2, 0.25) is 5.28 Å². The third-order valence-corrected chi connectivity index (χ3v) is 9.53. The highest BCUT2D eigenvalue weighted by Crippen LogP contribution is 2.40. The van der Waals surface area contributed by atoms with Crippen LogP contribution in [-0.4, -0.2) is 95.0 Å². The third kappa shape index (κ3) is 6.37. The second kappa shape index (κ2) is 14.2. The van der Waals surface area contributed by atoms with E-state index in [1.165, 1.54) is 35.4 Å². The molecule has 1 saturated heterocycles. The number of methoxy groups -OCH3 is 1. The van der Waals surface area contributed by atoms with Crippen molar-refractivity contribution < 1.29 is 31.8 Å². The Morgan fingerprint density at radius 2 is 1.88 bits per heavy atom. The number of anilines is 3. The minimum atomic E-state index is -1.13. The van der Waals surface area contributed by atoms with E-state index in [4.69, 9.17) is 21.1 Å². The lowest BCUT2D eigenvalue weighted by molar-refractivity contribution is -0.133. The number of aryl methyl sites for hydroxylation is 1. The third-order valence-electron chi connectivity index (χ3n) is 9.36. The van der Waals surface area contributed by atoms with Crippen molar-refractivity contribution >= 4 is 58.3 Å². The molecule has 3 atom stereocenters. The molecule has 13 nitrogen and oxygen atoms in total. The first-order valence-corrected chi connectivity index (χ1v) is 16.6. The van der Waals surface area contributed by atoms with Crippen LogP contribution in [0.3, 0.4) is 0 Å². The number of nitrogens with zero attached hydrogens (tertiary/aromatic N) is 9. The summed E-state index contributed by atoms with van der Waals surface area (Å²) in [6.07, 6.45) is 1.72. The highest BCUT2D eigenvalue weighted by Gasteiger charge is 2.43. The van der Waals surface area contributed by atoms with Gasteiger partial charge in [-0.15, -0.1) is 0 Å². The minimum absolute atomic E-state index is 0.0144. The molecule has 1 amide bonds. The topological polar surface area (TPSA) is 126 Å². The zero-order valence-electron chi connectivity index (χ0n) is 28.3. The zero-order valence-corrected chi connectivity index (χ0v) is 29.0. The quantitative estimate of drug-likeness (QED) is 0.178. The van der Waals surface area contributed by atoms with Crippen LogP contribution in [0.5, 0.6) is 0 Å². The normalized spacial score (nSPS) is 22.2. The van der Waals surface area contributed by atoms with Gasteiger partial charge < -0.3 is 23.8 Å². The molecule has 3 aliphatic rings. The van der Waals surface area contributed by atoms with Crippen molar-refractivity contribution in [3.8, 4) is 0 Å². The van der Waals surface area contributed by atoms with Crippen molar-refractivity contribution in [2.45, 2.75) is 44.7 Å². The molecule has 3 aliphatic heterocycles. The van der Waals surface area contributed by atoms with E-state index in [1.807, 2.05) is 0 Å². The number of amides is 1. The van der Waals surface area contributed by atoms with Gasteiger partial charge in [0.25, 0.3) is 0 Å². The Kier molecular flexibility index (Phi) is 9.69. The zero-order chi connectivity index (χ0) is 36.8. The number of aromatic nitrogens is 4.